The van der Waals surface area contributed by atoms with Gasteiger partial charge in [0.25, 0.3) is 0 Å². The summed E-state index contributed by atoms with van der Waals surface area (Å²) in [5, 5.41) is 11.3. The Morgan fingerprint density at radius 2 is 2.00 bits per heavy atom. The van der Waals surface area contributed by atoms with Gasteiger partial charge in [-0.15, -0.1) is 0 Å². The van der Waals surface area contributed by atoms with Gasteiger partial charge in [-0.05, 0) is 34.6 Å². The van der Waals surface area contributed by atoms with E-state index < -0.39 is 32.7 Å². The zero-order valence-electron chi connectivity index (χ0n) is 17.8. The lowest BCUT2D eigenvalue weighted by Gasteiger charge is -2.29. The molecule has 0 aliphatic rings. The summed E-state index contributed by atoms with van der Waals surface area (Å²) in [6.07, 6.45) is 0.250. The predicted molar refractivity (Wildman–Crippen MR) is 116 cm³/mol. The molecule has 0 aliphatic heterocycles. The maximum absolute atomic E-state index is 12.2. The van der Waals surface area contributed by atoms with Crippen molar-refractivity contribution >= 4 is 50.9 Å². The topological polar surface area (TPSA) is 151 Å². The monoisotopic (exact) mass is 487 g/mol. The first-order chi connectivity index (χ1) is 14.3. The van der Waals surface area contributed by atoms with Gasteiger partial charge in [0.05, 0.1) is 17.8 Å². The van der Waals surface area contributed by atoms with Crippen LogP contribution in [0.5, 0.6) is 0 Å². The summed E-state index contributed by atoms with van der Waals surface area (Å²) >= 11 is 6.95. The maximum atomic E-state index is 12.2. The predicted octanol–water partition coefficient (Wildman–Crippen LogP) is 3.19. The van der Waals surface area contributed by atoms with Crippen LogP contribution in [0.15, 0.2) is 5.16 Å². The minimum Gasteiger partial charge on any atom is -0.444 e. The fourth-order valence-corrected chi connectivity index (χ4v) is 3.94. The second-order valence-electron chi connectivity index (χ2n) is 7.47. The van der Waals surface area contributed by atoms with Gasteiger partial charge in [0.15, 0.2) is 16.8 Å². The van der Waals surface area contributed by atoms with Crippen LogP contribution in [-0.4, -0.2) is 51.6 Å². The van der Waals surface area contributed by atoms with Crippen LogP contribution in [0.2, 0.25) is 5.15 Å². The third-order valence-corrected chi connectivity index (χ3v) is 5.54. The maximum Gasteiger partial charge on any atom is 0.413 e. The van der Waals surface area contributed by atoms with Crippen LogP contribution < -0.4 is 10.2 Å². The summed E-state index contributed by atoms with van der Waals surface area (Å²) in [7, 11) is -3.78. The summed E-state index contributed by atoms with van der Waals surface area (Å²) in [4.78, 5) is 21.6. The Hall–Kier alpha value is -2.56. The summed E-state index contributed by atoms with van der Waals surface area (Å²) < 4.78 is 37.5. The Balaban J connectivity index is 2.48. The second-order valence-corrected chi connectivity index (χ2v) is 10.3. The summed E-state index contributed by atoms with van der Waals surface area (Å²) in [6, 6.07) is 1.36. The van der Waals surface area contributed by atoms with E-state index in [0.29, 0.717) is 12.2 Å². The Labute approximate surface area is 189 Å². The molecule has 0 spiro atoms. The molecule has 11 nitrogen and oxygen atoms in total. The van der Waals surface area contributed by atoms with Crippen molar-refractivity contribution in [3.63, 3.8) is 0 Å². The minimum absolute atomic E-state index is 0.0362. The molecule has 0 fully saturated rings. The van der Waals surface area contributed by atoms with E-state index in [2.05, 4.69) is 24.0 Å². The third-order valence-electron chi connectivity index (χ3n) is 3.88. The molecule has 0 aromatic carbocycles. The van der Waals surface area contributed by atoms with Gasteiger partial charge in [0, 0.05) is 12.8 Å². The number of amides is 1. The van der Waals surface area contributed by atoms with Crippen molar-refractivity contribution in [3.8, 4) is 6.07 Å². The molecule has 1 unspecified atom stereocenters. The number of halogens is 1. The smallest absolute Gasteiger partial charge is 0.413 e. The highest BCUT2D eigenvalue weighted by molar-refractivity contribution is 7.90. The lowest BCUT2D eigenvalue weighted by Crippen LogP contribution is -2.31. The number of aromatic nitrogens is 4. The first-order valence-electron chi connectivity index (χ1n) is 9.05. The molecule has 0 saturated carbocycles. The van der Waals surface area contributed by atoms with Crippen molar-refractivity contribution in [2.75, 3.05) is 23.0 Å². The highest BCUT2D eigenvalue weighted by Gasteiger charge is 2.29. The van der Waals surface area contributed by atoms with Gasteiger partial charge in [-0.1, -0.05) is 11.6 Å². The Bertz CT molecular complexity index is 1120. The van der Waals surface area contributed by atoms with Crippen molar-refractivity contribution in [2.24, 2.45) is 0 Å². The number of hydrogen-bond donors (Lipinski definition) is 1. The largest absolute Gasteiger partial charge is 0.444 e. The van der Waals surface area contributed by atoms with Crippen molar-refractivity contribution in [1.29, 1.82) is 5.26 Å². The number of rotatable bonds is 6. The van der Waals surface area contributed by atoms with Gasteiger partial charge in [-0.25, -0.2) is 18.2 Å². The number of nitriles is 1. The molecule has 2 heterocycles. The van der Waals surface area contributed by atoms with E-state index >= 15 is 0 Å². The van der Waals surface area contributed by atoms with E-state index in [1.807, 2.05) is 6.07 Å². The second kappa shape index (κ2) is 9.29. The van der Waals surface area contributed by atoms with Crippen LogP contribution in [0.25, 0.3) is 0 Å². The highest BCUT2D eigenvalue weighted by Crippen LogP contribution is 2.33. The number of ether oxygens (including phenoxy) is 1. The van der Waals surface area contributed by atoms with Gasteiger partial charge in [0.2, 0.25) is 15.0 Å². The lowest BCUT2D eigenvalue weighted by molar-refractivity contribution is 0.0635. The number of carbonyl (C=O) groups excluding carboxylic acids is 1. The molecule has 2 rings (SSSR count). The summed E-state index contributed by atoms with van der Waals surface area (Å²) in [5.41, 5.74) is -0.388. The number of hydrogen-bond acceptors (Lipinski definition) is 11. The van der Waals surface area contributed by atoms with Gasteiger partial charge in [-0.2, -0.15) is 19.0 Å². The molecule has 2 aromatic heterocycles. The SMILES string of the molecule is CCN(c1nc(S(C)(=O)=O)nc(Cl)c1C#N)C(C)c1nsnc1NC(=O)OC(C)(C)C. The number of anilines is 2. The third kappa shape index (κ3) is 5.99. The fraction of sp³-hybridized carbons (Fsp3) is 0.529. The molecule has 1 atom stereocenters. The molecule has 1 amide bonds. The fourth-order valence-electron chi connectivity index (χ4n) is 2.58. The average molecular weight is 488 g/mol. The number of nitrogens with one attached hydrogen (secondary N) is 1. The molecule has 2 aromatic rings. The number of nitrogens with zero attached hydrogens (tertiary/aromatic N) is 6. The molecule has 168 valence electrons. The summed E-state index contributed by atoms with van der Waals surface area (Å²) in [5.74, 6) is 0.223. The highest BCUT2D eigenvalue weighted by atomic mass is 35.5. The molecular weight excluding hydrogens is 466 g/mol. The molecule has 14 heteroatoms. The molecular formula is C17H22ClN7O4S2. The van der Waals surface area contributed by atoms with Gasteiger partial charge >= 0.3 is 6.09 Å². The van der Waals surface area contributed by atoms with E-state index in [0.717, 1.165) is 18.0 Å². The van der Waals surface area contributed by atoms with E-state index in [1.165, 1.54) is 0 Å². The Morgan fingerprint density at radius 3 is 2.52 bits per heavy atom. The van der Waals surface area contributed by atoms with Gasteiger partial charge in [0.1, 0.15) is 22.9 Å². The van der Waals surface area contributed by atoms with Gasteiger partial charge < -0.3 is 9.64 Å². The normalized spacial score (nSPS) is 12.7. The van der Waals surface area contributed by atoms with Crippen LogP contribution in [0.1, 0.15) is 51.9 Å². The molecule has 0 aliphatic carbocycles. The Morgan fingerprint density at radius 1 is 1.35 bits per heavy atom. The molecule has 0 radical (unpaired) electrons. The summed E-state index contributed by atoms with van der Waals surface area (Å²) in [6.45, 7) is 9.05. The van der Waals surface area contributed by atoms with Gasteiger partial charge in [-0.3, -0.25) is 5.32 Å². The number of carbonyl (C=O) groups is 1. The van der Waals surface area contributed by atoms with Crippen molar-refractivity contribution in [2.45, 2.75) is 51.4 Å². The van der Waals surface area contributed by atoms with E-state index in [9.17, 15) is 18.5 Å². The van der Waals surface area contributed by atoms with Crippen molar-refractivity contribution in [3.05, 3.63) is 16.4 Å². The van der Waals surface area contributed by atoms with Crippen LogP contribution in [-0.2, 0) is 14.6 Å². The molecule has 0 bridgehead atoms. The van der Waals surface area contributed by atoms with Crippen molar-refractivity contribution < 1.29 is 17.9 Å². The van der Waals surface area contributed by atoms with Crippen LogP contribution >= 0.6 is 23.3 Å². The first-order valence-corrected chi connectivity index (χ1v) is 12.0. The quantitative estimate of drug-likeness (QED) is 0.474. The standard InChI is InChI=1S/C17H22ClN7O4S2/c1-7-25(14-10(8-19)12(18)20-15(22-14)31(6,27)28)9(2)11-13(24-30-23-11)21-16(26)29-17(3,4)5/h9H,7H2,1-6H3,(H,21,24,26). The van der Waals surface area contributed by atoms with Crippen LogP contribution in [0.4, 0.5) is 16.4 Å². The molecule has 1 N–H and O–H groups in total. The lowest BCUT2D eigenvalue weighted by atomic mass is 10.1. The molecule has 0 saturated heterocycles. The van der Waals surface area contributed by atoms with Crippen LogP contribution in [0.3, 0.4) is 0 Å². The Kier molecular flexibility index (Phi) is 7.40. The van der Waals surface area contributed by atoms with E-state index in [1.54, 1.807) is 39.5 Å². The van der Waals surface area contributed by atoms with Crippen LogP contribution in [0, 0.1) is 11.3 Å². The zero-order valence-corrected chi connectivity index (χ0v) is 20.2. The van der Waals surface area contributed by atoms with Crippen molar-refractivity contribution in [1.82, 2.24) is 18.7 Å². The number of sulfone groups is 1. The zero-order chi connectivity index (χ0) is 23.6. The molecule has 31 heavy (non-hydrogen) atoms. The minimum atomic E-state index is -3.78. The average Bonchev–Trinajstić information content (AvgIpc) is 3.07. The first kappa shape index (κ1) is 24.7. The van der Waals surface area contributed by atoms with E-state index in [4.69, 9.17) is 16.3 Å². The van der Waals surface area contributed by atoms with E-state index in [-0.39, 0.29) is 22.4 Å².